The third-order valence-corrected chi connectivity index (χ3v) is 4.46. The first-order valence-corrected chi connectivity index (χ1v) is 8.84. The predicted molar refractivity (Wildman–Crippen MR) is 109 cm³/mol. The minimum atomic E-state index is -0.474. The second-order valence-corrected chi connectivity index (χ2v) is 6.32. The minimum Gasteiger partial charge on any atom is -0.422 e. The zero-order valence-corrected chi connectivity index (χ0v) is 15.1. The molecule has 0 saturated carbocycles. The first-order valence-electron chi connectivity index (χ1n) is 8.84. The van der Waals surface area contributed by atoms with Gasteiger partial charge in [-0.25, -0.2) is 14.3 Å². The zero-order chi connectivity index (χ0) is 19.8. The third-order valence-electron chi connectivity index (χ3n) is 4.46. The summed E-state index contributed by atoms with van der Waals surface area (Å²) in [7, 11) is 0. The highest BCUT2D eigenvalue weighted by Gasteiger charge is 2.17. The normalized spacial score (nSPS) is 11.6. The van der Waals surface area contributed by atoms with E-state index in [0.29, 0.717) is 33.9 Å². The number of nitrogens with two attached hydrogens (primary N) is 1. The van der Waals surface area contributed by atoms with Gasteiger partial charge < -0.3 is 10.2 Å². The topological polar surface area (TPSA) is 111 Å². The van der Waals surface area contributed by atoms with Gasteiger partial charge in [0.25, 0.3) is 0 Å². The fraction of sp³-hybridized carbons (Fsp3) is 0. The van der Waals surface area contributed by atoms with Crippen LogP contribution in [0.1, 0.15) is 0 Å². The van der Waals surface area contributed by atoms with Gasteiger partial charge in [0.15, 0.2) is 17.2 Å². The van der Waals surface area contributed by atoms with E-state index in [-0.39, 0.29) is 5.82 Å². The molecule has 0 amide bonds. The van der Waals surface area contributed by atoms with Crippen LogP contribution in [-0.2, 0) is 0 Å². The average Bonchev–Trinajstić information content (AvgIpc) is 3.07. The second kappa shape index (κ2) is 6.68. The number of rotatable bonds is 3. The SMILES string of the molecule is Nc1nn2c(-c3cc4ccccc4oc3=O)ccnc2c1N=Nc1ccccc1. The second-order valence-electron chi connectivity index (χ2n) is 6.32. The molecule has 0 aliphatic rings. The van der Waals surface area contributed by atoms with Gasteiger partial charge in [-0.3, -0.25) is 0 Å². The Bertz CT molecular complexity index is 1440. The fourth-order valence-corrected chi connectivity index (χ4v) is 3.09. The lowest BCUT2D eigenvalue weighted by atomic mass is 10.1. The maximum Gasteiger partial charge on any atom is 0.345 e. The molecule has 0 aliphatic carbocycles. The Kier molecular flexibility index (Phi) is 3.87. The lowest BCUT2D eigenvalue weighted by Crippen LogP contribution is -2.07. The van der Waals surface area contributed by atoms with Crippen LogP contribution in [0.5, 0.6) is 0 Å². The molecule has 0 aliphatic heterocycles. The summed E-state index contributed by atoms with van der Waals surface area (Å²) < 4.78 is 6.93. The van der Waals surface area contributed by atoms with Crippen molar-refractivity contribution < 1.29 is 4.42 Å². The first-order chi connectivity index (χ1) is 14.2. The molecular weight excluding hydrogens is 368 g/mol. The van der Waals surface area contributed by atoms with Crippen molar-refractivity contribution in [1.29, 1.82) is 0 Å². The monoisotopic (exact) mass is 382 g/mol. The van der Waals surface area contributed by atoms with Gasteiger partial charge in [0, 0.05) is 11.6 Å². The summed E-state index contributed by atoms with van der Waals surface area (Å²) in [5, 5.41) is 13.5. The highest BCUT2D eigenvalue weighted by atomic mass is 16.4. The number of hydrogen-bond donors (Lipinski definition) is 1. The van der Waals surface area contributed by atoms with Crippen LogP contribution in [0.3, 0.4) is 0 Å². The number of anilines is 1. The molecule has 0 unspecified atom stereocenters. The number of nitrogen functional groups attached to an aromatic ring is 1. The molecule has 0 radical (unpaired) electrons. The van der Waals surface area contributed by atoms with Crippen molar-refractivity contribution >= 4 is 33.8 Å². The van der Waals surface area contributed by atoms with Gasteiger partial charge in [-0.05, 0) is 30.3 Å². The van der Waals surface area contributed by atoms with E-state index in [2.05, 4.69) is 20.3 Å². The standard InChI is InChI=1S/C21H14N6O2/c22-19-18(25-24-14-7-2-1-3-8-14)20-23-11-10-16(27(20)26-19)15-12-13-6-4-5-9-17(13)29-21(15)28/h1-12H,(H2,22,26). The molecule has 29 heavy (non-hydrogen) atoms. The number of benzene rings is 2. The van der Waals surface area contributed by atoms with E-state index in [1.165, 1.54) is 4.52 Å². The number of azo groups is 1. The van der Waals surface area contributed by atoms with E-state index < -0.39 is 5.63 Å². The summed E-state index contributed by atoms with van der Waals surface area (Å²) in [6.07, 6.45) is 1.57. The van der Waals surface area contributed by atoms with Crippen LogP contribution in [0.2, 0.25) is 0 Å². The molecule has 0 atom stereocenters. The van der Waals surface area contributed by atoms with Crippen LogP contribution in [0.15, 0.2) is 92.4 Å². The van der Waals surface area contributed by atoms with Gasteiger partial charge in [0.2, 0.25) is 0 Å². The Morgan fingerprint density at radius 3 is 2.62 bits per heavy atom. The number of nitrogens with zero attached hydrogens (tertiary/aromatic N) is 5. The first kappa shape index (κ1) is 16.8. The Morgan fingerprint density at radius 1 is 0.966 bits per heavy atom. The Labute approximate surface area is 164 Å². The number of fused-ring (bicyclic) bond motifs is 2. The molecule has 5 rings (SSSR count). The number of hydrogen-bond acceptors (Lipinski definition) is 7. The van der Waals surface area contributed by atoms with Crippen LogP contribution in [0.25, 0.3) is 27.9 Å². The Balaban J connectivity index is 1.68. The van der Waals surface area contributed by atoms with Crippen LogP contribution < -0.4 is 11.4 Å². The Hall–Kier alpha value is -4.33. The van der Waals surface area contributed by atoms with Crippen molar-refractivity contribution in [3.05, 3.63) is 83.3 Å². The summed E-state index contributed by atoms with van der Waals surface area (Å²) in [4.78, 5) is 16.9. The predicted octanol–water partition coefficient (Wildman–Crippen LogP) is 4.50. The van der Waals surface area contributed by atoms with E-state index in [1.54, 1.807) is 24.4 Å². The molecule has 0 spiro atoms. The molecule has 0 saturated heterocycles. The van der Waals surface area contributed by atoms with Crippen molar-refractivity contribution in [2.75, 3.05) is 5.73 Å². The number of para-hydroxylation sites is 1. The van der Waals surface area contributed by atoms with Crippen molar-refractivity contribution in [2.24, 2.45) is 10.2 Å². The summed E-state index contributed by atoms with van der Waals surface area (Å²) >= 11 is 0. The van der Waals surface area contributed by atoms with E-state index in [1.807, 2.05) is 48.5 Å². The molecular formula is C21H14N6O2. The van der Waals surface area contributed by atoms with Gasteiger partial charge in [-0.2, -0.15) is 5.11 Å². The third kappa shape index (κ3) is 2.92. The van der Waals surface area contributed by atoms with E-state index in [9.17, 15) is 4.79 Å². The van der Waals surface area contributed by atoms with Crippen LogP contribution in [-0.4, -0.2) is 14.6 Å². The molecule has 0 fully saturated rings. The van der Waals surface area contributed by atoms with Crippen LogP contribution in [0, 0.1) is 0 Å². The van der Waals surface area contributed by atoms with Gasteiger partial charge >= 0.3 is 5.63 Å². The summed E-state index contributed by atoms with van der Waals surface area (Å²) in [6.45, 7) is 0. The molecule has 140 valence electrons. The van der Waals surface area contributed by atoms with E-state index >= 15 is 0 Å². The molecule has 2 aromatic carbocycles. The zero-order valence-electron chi connectivity index (χ0n) is 15.1. The van der Waals surface area contributed by atoms with E-state index in [0.717, 1.165) is 5.39 Å². The number of aromatic nitrogens is 3. The Morgan fingerprint density at radius 2 is 1.76 bits per heavy atom. The quantitative estimate of drug-likeness (QED) is 0.365. The smallest absolute Gasteiger partial charge is 0.345 e. The summed E-state index contributed by atoms with van der Waals surface area (Å²) in [5.74, 6) is 0.162. The molecule has 2 N–H and O–H groups in total. The maximum absolute atomic E-state index is 12.6. The lowest BCUT2D eigenvalue weighted by molar-refractivity contribution is 0.563. The molecule has 8 heteroatoms. The molecule has 8 nitrogen and oxygen atoms in total. The van der Waals surface area contributed by atoms with E-state index in [4.69, 9.17) is 10.2 Å². The van der Waals surface area contributed by atoms with Crippen LogP contribution in [0.4, 0.5) is 17.2 Å². The summed E-state index contributed by atoms with van der Waals surface area (Å²) in [5.41, 5.74) is 8.37. The minimum absolute atomic E-state index is 0.162. The highest BCUT2D eigenvalue weighted by Crippen LogP contribution is 2.31. The van der Waals surface area contributed by atoms with Crippen molar-refractivity contribution in [3.8, 4) is 11.3 Å². The van der Waals surface area contributed by atoms with Gasteiger partial charge in [-0.1, -0.05) is 36.4 Å². The molecule has 3 heterocycles. The average molecular weight is 382 g/mol. The summed E-state index contributed by atoms with van der Waals surface area (Å²) in [6, 6.07) is 20.0. The van der Waals surface area contributed by atoms with Gasteiger partial charge in [0.05, 0.1) is 16.9 Å². The van der Waals surface area contributed by atoms with Crippen molar-refractivity contribution in [1.82, 2.24) is 14.6 Å². The molecule has 5 aromatic rings. The van der Waals surface area contributed by atoms with Crippen molar-refractivity contribution in [3.63, 3.8) is 0 Å². The highest BCUT2D eigenvalue weighted by molar-refractivity contribution is 5.82. The maximum atomic E-state index is 12.6. The largest absolute Gasteiger partial charge is 0.422 e. The van der Waals surface area contributed by atoms with Crippen molar-refractivity contribution in [2.45, 2.75) is 0 Å². The van der Waals surface area contributed by atoms with Crippen LogP contribution >= 0.6 is 0 Å². The lowest BCUT2D eigenvalue weighted by Gasteiger charge is -2.04. The molecule has 3 aromatic heterocycles. The fourth-order valence-electron chi connectivity index (χ4n) is 3.09. The van der Waals surface area contributed by atoms with Gasteiger partial charge in [-0.15, -0.1) is 10.2 Å². The molecule has 0 bridgehead atoms. The van der Waals surface area contributed by atoms with Gasteiger partial charge in [0.1, 0.15) is 5.58 Å².